The van der Waals surface area contributed by atoms with Gasteiger partial charge in [-0.2, -0.15) is 25.3 Å². The van der Waals surface area contributed by atoms with E-state index in [1.165, 1.54) is 0 Å². The Bertz CT molecular complexity index is 140. The second-order valence-electron chi connectivity index (χ2n) is 2.18. The summed E-state index contributed by atoms with van der Waals surface area (Å²) in [6, 6.07) is 0. The molecule has 0 fully saturated rings. The minimum atomic E-state index is -1.31. The van der Waals surface area contributed by atoms with Crippen molar-refractivity contribution in [3.8, 4) is 0 Å². The fourth-order valence-corrected chi connectivity index (χ4v) is 1.13. The van der Waals surface area contributed by atoms with Crippen LogP contribution in [0.3, 0.4) is 0 Å². The van der Waals surface area contributed by atoms with Crippen molar-refractivity contribution in [2.75, 3.05) is 5.75 Å². The Morgan fingerprint density at radius 3 is 2.30 bits per heavy atom. The van der Waals surface area contributed by atoms with Crippen LogP contribution in [0.1, 0.15) is 6.92 Å². The standard InChI is InChI=1S/C5H11NO2S2/c1-3(10)5(6,2-9)4(7)8/h3,9-10H,2,6H2,1H3,(H,7,8)/t3?,5-/m1/s1. The fraction of sp³-hybridized carbons (Fsp3) is 0.800. The molecule has 0 aromatic heterocycles. The van der Waals surface area contributed by atoms with Crippen LogP contribution in [-0.4, -0.2) is 27.6 Å². The number of hydrogen-bond acceptors (Lipinski definition) is 4. The molecule has 0 aromatic rings. The van der Waals surface area contributed by atoms with Crippen LogP contribution in [0.5, 0.6) is 0 Å². The van der Waals surface area contributed by atoms with Crippen molar-refractivity contribution in [3.63, 3.8) is 0 Å². The maximum Gasteiger partial charge on any atom is 0.325 e. The molecule has 0 amide bonds. The average molecular weight is 181 g/mol. The van der Waals surface area contributed by atoms with Crippen LogP contribution < -0.4 is 5.73 Å². The first-order chi connectivity index (χ1) is 4.45. The van der Waals surface area contributed by atoms with Crippen LogP contribution in [0, 0.1) is 0 Å². The van der Waals surface area contributed by atoms with Crippen LogP contribution in [0.15, 0.2) is 0 Å². The zero-order chi connectivity index (χ0) is 8.36. The number of carbonyl (C=O) groups is 1. The van der Waals surface area contributed by atoms with E-state index in [1.54, 1.807) is 6.92 Å². The molecule has 1 unspecified atom stereocenters. The predicted octanol–water partition coefficient (Wildman–Crippen LogP) is 0.0166. The molecule has 60 valence electrons. The first-order valence-electron chi connectivity index (χ1n) is 2.76. The third kappa shape index (κ3) is 1.81. The van der Waals surface area contributed by atoms with Crippen LogP contribution in [0.2, 0.25) is 0 Å². The van der Waals surface area contributed by atoms with Gasteiger partial charge in [-0.05, 0) is 0 Å². The highest BCUT2D eigenvalue weighted by molar-refractivity contribution is 7.81. The lowest BCUT2D eigenvalue weighted by Crippen LogP contribution is -2.56. The van der Waals surface area contributed by atoms with Crippen molar-refractivity contribution in [1.29, 1.82) is 0 Å². The molecule has 0 saturated carbocycles. The van der Waals surface area contributed by atoms with Gasteiger partial charge in [0.1, 0.15) is 5.54 Å². The average Bonchev–Trinajstić information content (AvgIpc) is 1.85. The fourth-order valence-electron chi connectivity index (χ4n) is 0.378. The van der Waals surface area contributed by atoms with Gasteiger partial charge in [-0.25, -0.2) is 0 Å². The molecule has 0 saturated heterocycles. The van der Waals surface area contributed by atoms with Crippen molar-refractivity contribution in [1.82, 2.24) is 0 Å². The van der Waals surface area contributed by atoms with Gasteiger partial charge in [-0.15, -0.1) is 0 Å². The third-order valence-corrected chi connectivity index (χ3v) is 2.39. The van der Waals surface area contributed by atoms with E-state index in [0.29, 0.717) is 0 Å². The number of carboxylic acids is 1. The number of hydrogen-bond donors (Lipinski definition) is 4. The topological polar surface area (TPSA) is 63.3 Å². The van der Waals surface area contributed by atoms with Gasteiger partial charge in [0.15, 0.2) is 0 Å². The minimum Gasteiger partial charge on any atom is -0.480 e. The molecule has 0 aliphatic rings. The molecule has 10 heavy (non-hydrogen) atoms. The highest BCUT2D eigenvalue weighted by Crippen LogP contribution is 2.14. The lowest BCUT2D eigenvalue weighted by Gasteiger charge is -2.25. The molecular formula is C5H11NO2S2. The maximum absolute atomic E-state index is 10.5. The Kier molecular flexibility index (Phi) is 3.55. The lowest BCUT2D eigenvalue weighted by molar-refractivity contribution is -0.142. The van der Waals surface area contributed by atoms with E-state index in [1.807, 2.05) is 0 Å². The van der Waals surface area contributed by atoms with E-state index in [-0.39, 0.29) is 5.75 Å². The van der Waals surface area contributed by atoms with E-state index in [0.717, 1.165) is 0 Å². The number of carboxylic acid groups (broad SMARTS) is 1. The molecule has 0 aliphatic carbocycles. The number of aliphatic carboxylic acids is 1. The van der Waals surface area contributed by atoms with Gasteiger partial charge in [-0.3, -0.25) is 4.79 Å². The van der Waals surface area contributed by atoms with E-state index >= 15 is 0 Å². The second kappa shape index (κ2) is 3.50. The summed E-state index contributed by atoms with van der Waals surface area (Å²) in [4.78, 5) is 10.5. The van der Waals surface area contributed by atoms with Crippen molar-refractivity contribution in [3.05, 3.63) is 0 Å². The zero-order valence-electron chi connectivity index (χ0n) is 5.61. The molecule has 3 N–H and O–H groups in total. The summed E-state index contributed by atoms with van der Waals surface area (Å²) < 4.78 is 0. The summed E-state index contributed by atoms with van der Waals surface area (Å²) in [5.41, 5.74) is 4.12. The van der Waals surface area contributed by atoms with Gasteiger partial charge in [-0.1, -0.05) is 6.92 Å². The van der Waals surface area contributed by atoms with Crippen molar-refractivity contribution in [2.24, 2.45) is 5.73 Å². The molecular weight excluding hydrogens is 170 g/mol. The summed E-state index contributed by atoms with van der Waals surface area (Å²) in [5, 5.41) is 8.18. The zero-order valence-corrected chi connectivity index (χ0v) is 7.40. The van der Waals surface area contributed by atoms with Gasteiger partial charge in [0.25, 0.3) is 0 Å². The second-order valence-corrected chi connectivity index (χ2v) is 3.27. The van der Waals surface area contributed by atoms with Gasteiger partial charge < -0.3 is 10.8 Å². The lowest BCUT2D eigenvalue weighted by atomic mass is 10.0. The monoisotopic (exact) mass is 181 g/mol. The highest BCUT2D eigenvalue weighted by atomic mass is 32.1. The highest BCUT2D eigenvalue weighted by Gasteiger charge is 2.36. The molecule has 0 radical (unpaired) electrons. The van der Waals surface area contributed by atoms with Crippen LogP contribution in [0.4, 0.5) is 0 Å². The maximum atomic E-state index is 10.5. The van der Waals surface area contributed by atoms with E-state index in [2.05, 4.69) is 25.3 Å². The molecule has 0 spiro atoms. The Hall–Kier alpha value is 0.130. The van der Waals surface area contributed by atoms with Crippen molar-refractivity contribution >= 4 is 31.2 Å². The Morgan fingerprint density at radius 2 is 2.30 bits per heavy atom. The number of thiol groups is 2. The molecule has 2 atom stereocenters. The van der Waals surface area contributed by atoms with Crippen LogP contribution in [0.25, 0.3) is 0 Å². The normalized spacial score (nSPS) is 19.6. The molecule has 5 heteroatoms. The van der Waals surface area contributed by atoms with Crippen LogP contribution >= 0.6 is 25.3 Å². The molecule has 0 heterocycles. The van der Waals surface area contributed by atoms with Gasteiger partial charge in [0.2, 0.25) is 0 Å². The van der Waals surface area contributed by atoms with Gasteiger partial charge >= 0.3 is 5.97 Å². The molecule has 3 nitrogen and oxygen atoms in total. The smallest absolute Gasteiger partial charge is 0.325 e. The van der Waals surface area contributed by atoms with Crippen LogP contribution in [-0.2, 0) is 4.79 Å². The Labute approximate surface area is 70.8 Å². The minimum absolute atomic E-state index is 0.0903. The first-order valence-corrected chi connectivity index (χ1v) is 3.91. The summed E-state index contributed by atoms with van der Waals surface area (Å²) in [5.74, 6) is -0.975. The number of nitrogens with two attached hydrogens (primary N) is 1. The molecule has 0 aromatic carbocycles. The van der Waals surface area contributed by atoms with Crippen molar-refractivity contribution < 1.29 is 9.90 Å². The Morgan fingerprint density at radius 1 is 1.90 bits per heavy atom. The SMILES string of the molecule is CC(S)[C@](N)(CS)C(=O)O. The van der Waals surface area contributed by atoms with E-state index in [4.69, 9.17) is 10.8 Å². The van der Waals surface area contributed by atoms with E-state index in [9.17, 15) is 4.79 Å². The molecule has 0 bridgehead atoms. The summed E-state index contributed by atoms with van der Waals surface area (Å²) >= 11 is 7.77. The quantitative estimate of drug-likeness (QED) is 0.464. The largest absolute Gasteiger partial charge is 0.480 e. The predicted molar refractivity (Wildman–Crippen MR) is 46.9 cm³/mol. The summed E-state index contributed by atoms with van der Waals surface area (Å²) in [7, 11) is 0. The van der Waals surface area contributed by atoms with E-state index < -0.39 is 16.8 Å². The number of rotatable bonds is 3. The molecule has 0 aliphatic heterocycles. The molecule has 0 rings (SSSR count). The van der Waals surface area contributed by atoms with Gasteiger partial charge in [0.05, 0.1) is 0 Å². The van der Waals surface area contributed by atoms with Crippen molar-refractivity contribution in [2.45, 2.75) is 17.7 Å². The van der Waals surface area contributed by atoms with Gasteiger partial charge in [0, 0.05) is 11.0 Å². The Balaban J connectivity index is 4.38. The summed E-state index contributed by atoms with van der Waals surface area (Å²) in [6.07, 6.45) is 0. The third-order valence-electron chi connectivity index (χ3n) is 1.41. The summed E-state index contributed by atoms with van der Waals surface area (Å²) in [6.45, 7) is 1.63. The first kappa shape index (κ1) is 10.1.